The third-order valence-corrected chi connectivity index (χ3v) is 3.53. The van der Waals surface area contributed by atoms with Gasteiger partial charge < -0.3 is 9.64 Å². The number of halogens is 1. The summed E-state index contributed by atoms with van der Waals surface area (Å²) >= 11 is 0. The number of ether oxygens (including phenoxy) is 1. The van der Waals surface area contributed by atoms with Crippen molar-refractivity contribution in [3.63, 3.8) is 0 Å². The maximum absolute atomic E-state index is 14.1. The molecule has 0 aliphatic carbocycles. The van der Waals surface area contributed by atoms with E-state index in [0.717, 1.165) is 5.57 Å². The highest BCUT2D eigenvalue weighted by Gasteiger charge is 2.15. The van der Waals surface area contributed by atoms with Gasteiger partial charge in [-0.2, -0.15) is 0 Å². The van der Waals surface area contributed by atoms with Crippen molar-refractivity contribution in [2.75, 3.05) is 7.11 Å². The lowest BCUT2D eigenvalue weighted by atomic mass is 9.86. The zero-order valence-corrected chi connectivity index (χ0v) is 13.2. The van der Waals surface area contributed by atoms with E-state index in [1.807, 2.05) is 6.92 Å². The van der Waals surface area contributed by atoms with E-state index in [-0.39, 0.29) is 5.82 Å². The number of nitrogens with zero attached hydrogens (tertiary/aromatic N) is 1. The Morgan fingerprint density at radius 1 is 1.48 bits per heavy atom. The lowest BCUT2D eigenvalue weighted by Crippen LogP contribution is -2.17. The van der Waals surface area contributed by atoms with Crippen LogP contribution in [0.5, 0.6) is 0 Å². The molecule has 1 aromatic carbocycles. The molecule has 1 aliphatic heterocycles. The van der Waals surface area contributed by atoms with Gasteiger partial charge in [0.15, 0.2) is 0 Å². The Morgan fingerprint density at radius 3 is 2.78 bits per heavy atom. The van der Waals surface area contributed by atoms with E-state index in [9.17, 15) is 9.18 Å². The molecule has 1 aromatic rings. The first-order valence-corrected chi connectivity index (χ1v) is 7.18. The molecular weight excluding hydrogens is 292 g/mol. The Balaban J connectivity index is 2.34. The average molecular weight is 309 g/mol. The maximum Gasteiger partial charge on any atom is 0.337 e. The molecule has 0 amide bonds. The smallest absolute Gasteiger partial charge is 0.337 e. The fourth-order valence-corrected chi connectivity index (χ4v) is 2.31. The summed E-state index contributed by atoms with van der Waals surface area (Å²) in [5.74, 6) is -0.796. The third kappa shape index (κ3) is 3.62. The van der Waals surface area contributed by atoms with E-state index in [4.69, 9.17) is 7.85 Å². The Bertz CT molecular complexity index is 714. The number of methoxy groups -OCH3 is 1. The predicted molar refractivity (Wildman–Crippen MR) is 90.3 cm³/mol. The van der Waals surface area contributed by atoms with Crippen molar-refractivity contribution in [1.82, 2.24) is 4.90 Å². The van der Waals surface area contributed by atoms with Gasteiger partial charge in [-0.25, -0.2) is 9.18 Å². The van der Waals surface area contributed by atoms with Gasteiger partial charge in [-0.3, -0.25) is 0 Å². The van der Waals surface area contributed by atoms with E-state index >= 15 is 0 Å². The molecule has 5 heteroatoms. The summed E-state index contributed by atoms with van der Waals surface area (Å²) in [6.45, 7) is 5.83. The molecule has 0 saturated heterocycles. The highest BCUT2D eigenvalue weighted by molar-refractivity contribution is 6.34. The minimum atomic E-state index is -0.430. The molecule has 1 aliphatic rings. The summed E-state index contributed by atoms with van der Waals surface area (Å²) in [5.41, 5.74) is 2.50. The molecule has 0 N–H and O–H groups in total. The number of allylic oxidation sites excluding steroid dienone is 2. The highest BCUT2D eigenvalue weighted by atomic mass is 19.1. The molecule has 0 saturated carbocycles. The molecule has 1 heterocycles. The first kappa shape index (κ1) is 16.8. The van der Waals surface area contributed by atoms with Gasteiger partial charge in [-0.15, -0.1) is 0 Å². The number of carbonyl (C=O) groups excluding carboxylic acids is 1. The van der Waals surface area contributed by atoms with E-state index in [0.29, 0.717) is 28.7 Å². The summed E-state index contributed by atoms with van der Waals surface area (Å²) in [5, 5.41) is 0. The van der Waals surface area contributed by atoms with Crippen molar-refractivity contribution in [1.29, 1.82) is 0 Å². The number of rotatable bonds is 4. The van der Waals surface area contributed by atoms with Crippen molar-refractivity contribution >= 4 is 24.9 Å². The van der Waals surface area contributed by atoms with Crippen LogP contribution in [0.15, 0.2) is 60.6 Å². The fourth-order valence-electron chi connectivity index (χ4n) is 2.31. The zero-order valence-electron chi connectivity index (χ0n) is 13.2. The standard InChI is InChI=1S/C18H17BFNO2/c1-4-13(17-15(19)6-5-7-16(17)20)11-21-9-8-14(10-12(21)2)18(22)23-3/h5-11H,2,4H2,1,3H3/b13-11+. The molecule has 2 radical (unpaired) electrons. The predicted octanol–water partition coefficient (Wildman–Crippen LogP) is 2.81. The maximum atomic E-state index is 14.1. The van der Waals surface area contributed by atoms with Gasteiger partial charge in [0.2, 0.25) is 0 Å². The van der Waals surface area contributed by atoms with Crippen molar-refractivity contribution in [2.24, 2.45) is 0 Å². The van der Waals surface area contributed by atoms with Gasteiger partial charge in [-0.05, 0) is 30.2 Å². The molecule has 0 fully saturated rings. The molecular formula is C18H17BFNO2. The van der Waals surface area contributed by atoms with Gasteiger partial charge in [0.05, 0.1) is 12.7 Å². The number of hydrogen-bond acceptors (Lipinski definition) is 3. The second kappa shape index (κ2) is 7.14. The number of benzene rings is 1. The summed E-state index contributed by atoms with van der Waals surface area (Å²) in [6, 6.07) is 4.62. The van der Waals surface area contributed by atoms with Crippen LogP contribution < -0.4 is 5.46 Å². The number of esters is 1. The molecule has 0 bridgehead atoms. The van der Waals surface area contributed by atoms with E-state index < -0.39 is 5.97 Å². The molecule has 3 nitrogen and oxygen atoms in total. The van der Waals surface area contributed by atoms with Gasteiger partial charge in [0.25, 0.3) is 0 Å². The Hall–Kier alpha value is -2.56. The van der Waals surface area contributed by atoms with Crippen LogP contribution in [0.4, 0.5) is 4.39 Å². The van der Waals surface area contributed by atoms with E-state index in [2.05, 4.69) is 11.3 Å². The monoisotopic (exact) mass is 309 g/mol. The lowest BCUT2D eigenvalue weighted by Gasteiger charge is -2.22. The third-order valence-electron chi connectivity index (χ3n) is 3.53. The van der Waals surface area contributed by atoms with Crippen LogP contribution in [-0.4, -0.2) is 25.8 Å². The Kier molecular flexibility index (Phi) is 5.22. The van der Waals surface area contributed by atoms with Crippen LogP contribution in [0.25, 0.3) is 5.57 Å². The van der Waals surface area contributed by atoms with Crippen molar-refractivity contribution in [3.05, 3.63) is 72.0 Å². The Labute approximate surface area is 136 Å². The molecule has 23 heavy (non-hydrogen) atoms. The van der Waals surface area contributed by atoms with Crippen LogP contribution >= 0.6 is 0 Å². The van der Waals surface area contributed by atoms with Crippen molar-refractivity contribution in [3.8, 4) is 0 Å². The van der Waals surface area contributed by atoms with Gasteiger partial charge in [0, 0.05) is 23.7 Å². The molecule has 0 unspecified atom stereocenters. The van der Waals surface area contributed by atoms with E-state index in [1.54, 1.807) is 41.6 Å². The molecule has 116 valence electrons. The molecule has 0 atom stereocenters. The summed E-state index contributed by atoms with van der Waals surface area (Å²) < 4.78 is 18.8. The highest BCUT2D eigenvalue weighted by Crippen LogP contribution is 2.24. The SMILES string of the molecule is [B]c1cccc(F)c1/C(=C/N1C=CC(C(=O)OC)=CC1=C)CC. The minimum Gasteiger partial charge on any atom is -0.465 e. The van der Waals surface area contributed by atoms with Crippen LogP contribution in [0.1, 0.15) is 18.9 Å². The van der Waals surface area contributed by atoms with Gasteiger partial charge >= 0.3 is 5.97 Å². The quantitative estimate of drug-likeness (QED) is 0.633. The van der Waals surface area contributed by atoms with Crippen molar-refractivity contribution in [2.45, 2.75) is 13.3 Å². The van der Waals surface area contributed by atoms with Crippen LogP contribution in [-0.2, 0) is 9.53 Å². The molecule has 0 aromatic heterocycles. The largest absolute Gasteiger partial charge is 0.465 e. The summed E-state index contributed by atoms with van der Waals surface area (Å²) in [4.78, 5) is 13.2. The normalized spacial score (nSPS) is 14.7. The fraction of sp³-hybridized carbons (Fsp3) is 0.167. The summed E-state index contributed by atoms with van der Waals surface area (Å²) in [6.07, 6.45) is 7.27. The van der Waals surface area contributed by atoms with Gasteiger partial charge in [0.1, 0.15) is 13.7 Å². The molecule has 0 spiro atoms. The minimum absolute atomic E-state index is 0.365. The van der Waals surface area contributed by atoms with E-state index in [1.165, 1.54) is 13.2 Å². The first-order chi connectivity index (χ1) is 11.0. The average Bonchev–Trinajstić information content (AvgIpc) is 2.54. The summed E-state index contributed by atoms with van der Waals surface area (Å²) in [7, 11) is 7.23. The van der Waals surface area contributed by atoms with Gasteiger partial charge in [-0.1, -0.05) is 31.1 Å². The second-order valence-corrected chi connectivity index (χ2v) is 5.02. The van der Waals surface area contributed by atoms with Crippen molar-refractivity contribution < 1.29 is 13.9 Å². The topological polar surface area (TPSA) is 29.5 Å². The first-order valence-electron chi connectivity index (χ1n) is 7.18. The number of hydrogen-bond donors (Lipinski definition) is 0. The Morgan fingerprint density at radius 2 is 2.22 bits per heavy atom. The van der Waals surface area contributed by atoms with Crippen LogP contribution in [0.2, 0.25) is 0 Å². The van der Waals surface area contributed by atoms with Crippen LogP contribution in [0.3, 0.4) is 0 Å². The number of carbonyl (C=O) groups is 1. The zero-order chi connectivity index (χ0) is 17.0. The second-order valence-electron chi connectivity index (χ2n) is 5.02. The molecule has 2 rings (SSSR count). The van der Waals surface area contributed by atoms with Crippen LogP contribution in [0, 0.1) is 5.82 Å². The lowest BCUT2D eigenvalue weighted by molar-refractivity contribution is -0.135.